The summed E-state index contributed by atoms with van der Waals surface area (Å²) in [6.45, 7) is 2.16. The van der Waals surface area contributed by atoms with Gasteiger partial charge in [0.2, 0.25) is 11.8 Å². The molecule has 3 aliphatic rings. The number of urea groups is 1. The third kappa shape index (κ3) is 5.37. The topological polar surface area (TPSA) is 90.0 Å². The zero-order chi connectivity index (χ0) is 23.3. The molecule has 8 nitrogen and oxygen atoms in total. The van der Waals surface area contributed by atoms with E-state index in [0.717, 1.165) is 32.1 Å². The van der Waals surface area contributed by atoms with E-state index in [1.165, 1.54) is 10.5 Å². The highest BCUT2D eigenvalue weighted by Crippen LogP contribution is 2.33. The van der Waals surface area contributed by atoms with Crippen molar-refractivity contribution >= 4 is 23.8 Å². The van der Waals surface area contributed by atoms with Crippen LogP contribution in [-0.2, 0) is 20.8 Å². The highest BCUT2D eigenvalue weighted by atomic mass is 16.2. The molecule has 4 rings (SSSR count). The molecule has 1 aromatic rings. The zero-order valence-corrected chi connectivity index (χ0v) is 19.3. The van der Waals surface area contributed by atoms with Crippen LogP contribution in [-0.4, -0.2) is 76.7 Å². The molecule has 1 N–H and O–H groups in total. The number of benzene rings is 1. The second-order valence-corrected chi connectivity index (χ2v) is 9.38. The molecule has 178 valence electrons. The molecule has 33 heavy (non-hydrogen) atoms. The van der Waals surface area contributed by atoms with Gasteiger partial charge in [-0.25, -0.2) is 4.79 Å². The Morgan fingerprint density at radius 3 is 2.09 bits per heavy atom. The molecule has 2 aliphatic heterocycles. The Hall–Kier alpha value is -2.90. The maximum Gasteiger partial charge on any atom is 0.325 e. The van der Waals surface area contributed by atoms with Gasteiger partial charge in [-0.3, -0.25) is 19.3 Å². The Balaban J connectivity index is 1.18. The highest BCUT2D eigenvalue weighted by Gasteiger charge is 2.51. The maximum atomic E-state index is 12.8. The van der Waals surface area contributed by atoms with E-state index in [1.54, 1.807) is 4.90 Å². The number of hydrogen-bond donors (Lipinski definition) is 1. The van der Waals surface area contributed by atoms with Gasteiger partial charge in [-0.15, -0.1) is 0 Å². The first-order chi connectivity index (χ1) is 16.0. The van der Waals surface area contributed by atoms with Crippen LogP contribution in [0.4, 0.5) is 4.79 Å². The van der Waals surface area contributed by atoms with Crippen LogP contribution in [0.5, 0.6) is 0 Å². The average molecular weight is 455 g/mol. The third-order valence-electron chi connectivity index (χ3n) is 7.19. The normalized spacial score (nSPS) is 20.3. The fraction of sp³-hybridized carbons (Fsp3) is 0.600. The number of aryl methyl sites for hydroxylation is 1. The molecule has 3 fully saturated rings. The fourth-order valence-corrected chi connectivity index (χ4v) is 5.19. The molecule has 0 atom stereocenters. The number of imide groups is 1. The molecule has 0 unspecified atom stereocenters. The van der Waals surface area contributed by atoms with Gasteiger partial charge in [0, 0.05) is 45.6 Å². The van der Waals surface area contributed by atoms with Gasteiger partial charge >= 0.3 is 6.03 Å². The second-order valence-electron chi connectivity index (χ2n) is 9.38. The van der Waals surface area contributed by atoms with E-state index in [2.05, 4.69) is 17.4 Å². The van der Waals surface area contributed by atoms with E-state index in [-0.39, 0.29) is 36.7 Å². The number of rotatable bonds is 7. The number of carbonyl (C=O) groups is 4. The van der Waals surface area contributed by atoms with Crippen LogP contribution >= 0.6 is 0 Å². The van der Waals surface area contributed by atoms with Gasteiger partial charge in [0.15, 0.2) is 0 Å². The minimum absolute atomic E-state index is 0.0728. The Bertz CT molecular complexity index is 874. The molecule has 0 bridgehead atoms. The van der Waals surface area contributed by atoms with Gasteiger partial charge in [0.25, 0.3) is 5.91 Å². The molecule has 0 aromatic heterocycles. The van der Waals surface area contributed by atoms with Gasteiger partial charge in [-0.1, -0.05) is 49.6 Å². The van der Waals surface area contributed by atoms with Crippen molar-refractivity contribution in [1.82, 2.24) is 20.0 Å². The van der Waals surface area contributed by atoms with Gasteiger partial charge in [-0.2, -0.15) is 0 Å². The summed E-state index contributed by atoms with van der Waals surface area (Å²) in [5.74, 6) is -0.113. The van der Waals surface area contributed by atoms with Crippen molar-refractivity contribution in [3.8, 4) is 0 Å². The molecule has 8 heteroatoms. The molecule has 1 saturated carbocycles. The number of carbonyl (C=O) groups excluding carboxylic acids is 4. The number of nitrogens with one attached hydrogen (secondary N) is 1. The molecule has 2 saturated heterocycles. The first-order valence-electron chi connectivity index (χ1n) is 12.2. The SMILES string of the molecule is O=C(CCCc1ccccc1)N1CCN(C(=O)CCN2C(=O)NC3(CCCCC3)C2=O)CC1. The van der Waals surface area contributed by atoms with Crippen LogP contribution in [0.1, 0.15) is 56.9 Å². The van der Waals surface area contributed by atoms with Crippen LogP contribution in [0.25, 0.3) is 0 Å². The number of nitrogens with zero attached hydrogens (tertiary/aromatic N) is 3. The zero-order valence-electron chi connectivity index (χ0n) is 19.3. The van der Waals surface area contributed by atoms with Gasteiger partial charge in [0.05, 0.1) is 0 Å². The Kier molecular flexibility index (Phi) is 7.30. The lowest BCUT2D eigenvalue weighted by molar-refractivity contribution is -0.140. The van der Waals surface area contributed by atoms with E-state index in [9.17, 15) is 19.2 Å². The van der Waals surface area contributed by atoms with Crippen molar-refractivity contribution < 1.29 is 19.2 Å². The Labute approximate surface area is 195 Å². The van der Waals surface area contributed by atoms with Crippen molar-refractivity contribution in [2.75, 3.05) is 32.7 Å². The Morgan fingerprint density at radius 1 is 0.848 bits per heavy atom. The van der Waals surface area contributed by atoms with Gasteiger partial charge < -0.3 is 15.1 Å². The van der Waals surface area contributed by atoms with Gasteiger partial charge in [0.1, 0.15) is 5.54 Å². The van der Waals surface area contributed by atoms with Crippen LogP contribution in [0, 0.1) is 0 Å². The van der Waals surface area contributed by atoms with Gasteiger partial charge in [-0.05, 0) is 31.2 Å². The lowest BCUT2D eigenvalue weighted by atomic mass is 9.82. The summed E-state index contributed by atoms with van der Waals surface area (Å²) in [5, 5.41) is 2.89. The molecule has 1 aliphatic carbocycles. The minimum Gasteiger partial charge on any atom is -0.339 e. The minimum atomic E-state index is -0.745. The largest absolute Gasteiger partial charge is 0.339 e. The van der Waals surface area contributed by atoms with Crippen LogP contribution in [0.2, 0.25) is 0 Å². The maximum absolute atomic E-state index is 12.8. The van der Waals surface area contributed by atoms with Crippen LogP contribution in [0.15, 0.2) is 30.3 Å². The first kappa shape index (κ1) is 23.3. The summed E-state index contributed by atoms with van der Waals surface area (Å²) in [6, 6.07) is 9.77. The number of hydrogen-bond acceptors (Lipinski definition) is 4. The van der Waals surface area contributed by atoms with Crippen molar-refractivity contribution in [3.05, 3.63) is 35.9 Å². The van der Waals surface area contributed by atoms with E-state index >= 15 is 0 Å². The van der Waals surface area contributed by atoms with E-state index in [1.807, 2.05) is 23.1 Å². The standard InChI is InChI=1S/C25H34N4O4/c30-21(11-7-10-20-8-3-1-4-9-20)27-16-18-28(19-17-27)22(31)12-15-29-23(32)25(26-24(29)33)13-5-2-6-14-25/h1,3-4,8-9H,2,5-7,10-19H2,(H,26,33). The summed E-state index contributed by atoms with van der Waals surface area (Å²) in [4.78, 5) is 55.2. The molecular formula is C25H34N4O4. The second kappa shape index (κ2) is 10.4. The predicted octanol–water partition coefficient (Wildman–Crippen LogP) is 2.32. The molecule has 5 amide bonds. The van der Waals surface area contributed by atoms with E-state index in [4.69, 9.17) is 0 Å². The quantitative estimate of drug-likeness (QED) is 0.641. The van der Waals surface area contributed by atoms with Crippen LogP contribution in [0.3, 0.4) is 0 Å². The highest BCUT2D eigenvalue weighted by molar-refractivity contribution is 6.07. The van der Waals surface area contributed by atoms with Crippen molar-refractivity contribution in [2.24, 2.45) is 0 Å². The molecule has 1 spiro atoms. The van der Waals surface area contributed by atoms with E-state index in [0.29, 0.717) is 45.4 Å². The summed E-state index contributed by atoms with van der Waals surface area (Å²) >= 11 is 0. The summed E-state index contributed by atoms with van der Waals surface area (Å²) in [6.07, 6.45) is 6.67. The predicted molar refractivity (Wildman–Crippen MR) is 123 cm³/mol. The van der Waals surface area contributed by atoms with Crippen LogP contribution < -0.4 is 5.32 Å². The van der Waals surface area contributed by atoms with Crippen molar-refractivity contribution in [3.63, 3.8) is 0 Å². The number of amides is 5. The van der Waals surface area contributed by atoms with Crippen molar-refractivity contribution in [2.45, 2.75) is 63.3 Å². The molecular weight excluding hydrogens is 420 g/mol. The molecule has 1 aromatic carbocycles. The lowest BCUT2D eigenvalue weighted by Gasteiger charge is -2.35. The average Bonchev–Trinajstić information content (AvgIpc) is 3.07. The monoisotopic (exact) mass is 454 g/mol. The Morgan fingerprint density at radius 2 is 1.45 bits per heavy atom. The fourth-order valence-electron chi connectivity index (χ4n) is 5.19. The lowest BCUT2D eigenvalue weighted by Crippen LogP contribution is -2.51. The summed E-state index contributed by atoms with van der Waals surface area (Å²) in [7, 11) is 0. The summed E-state index contributed by atoms with van der Waals surface area (Å²) < 4.78 is 0. The van der Waals surface area contributed by atoms with Crippen molar-refractivity contribution in [1.29, 1.82) is 0 Å². The molecule has 0 radical (unpaired) electrons. The third-order valence-corrected chi connectivity index (χ3v) is 7.19. The number of piperazine rings is 1. The summed E-state index contributed by atoms with van der Waals surface area (Å²) in [5.41, 5.74) is 0.491. The first-order valence-corrected chi connectivity index (χ1v) is 12.2. The van der Waals surface area contributed by atoms with E-state index < -0.39 is 5.54 Å². The smallest absolute Gasteiger partial charge is 0.325 e. The molecule has 2 heterocycles.